The molecular formula is C10H11F3N2O3S. The minimum atomic E-state index is -4.55. The van der Waals surface area contributed by atoms with Crippen molar-refractivity contribution in [1.82, 2.24) is 4.98 Å². The molecule has 0 unspecified atom stereocenters. The highest BCUT2D eigenvalue weighted by molar-refractivity contribution is 7.13. The van der Waals surface area contributed by atoms with E-state index in [0.717, 1.165) is 11.3 Å². The number of nitrogens with zero attached hydrogens (tertiary/aromatic N) is 1. The van der Waals surface area contributed by atoms with E-state index in [1.165, 1.54) is 0 Å². The summed E-state index contributed by atoms with van der Waals surface area (Å²) in [5.74, 6) is -2.09. The SMILES string of the molecule is O=C(O)CCCc1csc(NC(=O)CC(F)(F)F)n1. The number of hydrogen-bond acceptors (Lipinski definition) is 4. The monoisotopic (exact) mass is 296 g/mol. The van der Waals surface area contributed by atoms with E-state index in [1.807, 2.05) is 0 Å². The molecule has 2 N–H and O–H groups in total. The average Bonchev–Trinajstić information content (AvgIpc) is 2.61. The number of carboxylic acids is 1. The van der Waals surface area contributed by atoms with Crippen molar-refractivity contribution in [3.8, 4) is 0 Å². The zero-order valence-corrected chi connectivity index (χ0v) is 10.5. The van der Waals surface area contributed by atoms with Crippen LogP contribution in [0.4, 0.5) is 18.3 Å². The van der Waals surface area contributed by atoms with Crippen LogP contribution in [0.1, 0.15) is 25.0 Å². The third kappa shape index (κ3) is 6.75. The summed E-state index contributed by atoms with van der Waals surface area (Å²) in [7, 11) is 0. The predicted molar refractivity (Wildman–Crippen MR) is 62.0 cm³/mol. The van der Waals surface area contributed by atoms with Crippen LogP contribution >= 0.6 is 11.3 Å². The summed E-state index contributed by atoms with van der Waals surface area (Å²) in [5.41, 5.74) is 0.550. The maximum absolute atomic E-state index is 11.9. The summed E-state index contributed by atoms with van der Waals surface area (Å²) in [4.78, 5) is 25.2. The Morgan fingerprint density at radius 2 is 2.11 bits per heavy atom. The van der Waals surface area contributed by atoms with Gasteiger partial charge in [-0.15, -0.1) is 11.3 Å². The van der Waals surface area contributed by atoms with Crippen LogP contribution in [0.25, 0.3) is 0 Å². The van der Waals surface area contributed by atoms with Gasteiger partial charge >= 0.3 is 12.1 Å². The number of amides is 1. The van der Waals surface area contributed by atoms with Gasteiger partial charge in [0.1, 0.15) is 6.42 Å². The molecule has 1 amide bonds. The number of alkyl halides is 3. The lowest BCUT2D eigenvalue weighted by atomic mass is 10.2. The highest BCUT2D eigenvalue weighted by Gasteiger charge is 2.31. The molecule has 1 rings (SSSR count). The molecule has 0 aliphatic carbocycles. The molecule has 0 radical (unpaired) electrons. The normalized spacial score (nSPS) is 11.3. The van der Waals surface area contributed by atoms with Crippen LogP contribution in [0.5, 0.6) is 0 Å². The van der Waals surface area contributed by atoms with Crippen LogP contribution in [0.15, 0.2) is 5.38 Å². The van der Waals surface area contributed by atoms with Crippen molar-refractivity contribution >= 4 is 28.3 Å². The van der Waals surface area contributed by atoms with E-state index in [9.17, 15) is 22.8 Å². The van der Waals surface area contributed by atoms with Crippen molar-refractivity contribution in [2.45, 2.75) is 31.9 Å². The second-order valence-corrected chi connectivity index (χ2v) is 4.59. The number of aromatic nitrogens is 1. The highest BCUT2D eigenvalue weighted by atomic mass is 32.1. The Balaban J connectivity index is 2.42. The number of nitrogens with one attached hydrogen (secondary N) is 1. The van der Waals surface area contributed by atoms with Crippen molar-refractivity contribution in [3.05, 3.63) is 11.1 Å². The molecule has 0 fully saturated rings. The maximum atomic E-state index is 11.9. The van der Waals surface area contributed by atoms with Crippen LogP contribution < -0.4 is 5.32 Å². The fraction of sp³-hybridized carbons (Fsp3) is 0.500. The van der Waals surface area contributed by atoms with E-state index >= 15 is 0 Å². The summed E-state index contributed by atoms with van der Waals surface area (Å²) >= 11 is 1.00. The Hall–Kier alpha value is -1.64. The van der Waals surface area contributed by atoms with Crippen molar-refractivity contribution in [3.63, 3.8) is 0 Å². The number of anilines is 1. The molecule has 0 aromatic carbocycles. The third-order valence-electron chi connectivity index (χ3n) is 1.98. The Kier molecular flexibility index (Phi) is 5.28. The molecule has 106 valence electrons. The Morgan fingerprint density at radius 1 is 1.42 bits per heavy atom. The molecule has 0 aliphatic rings. The first-order chi connectivity index (χ1) is 8.76. The van der Waals surface area contributed by atoms with Crippen LogP contribution in [-0.4, -0.2) is 28.1 Å². The molecule has 0 bridgehead atoms. The predicted octanol–water partition coefficient (Wildman–Crippen LogP) is 2.44. The quantitative estimate of drug-likeness (QED) is 0.845. The number of aryl methyl sites for hydroxylation is 1. The van der Waals surface area contributed by atoms with E-state index in [1.54, 1.807) is 5.38 Å². The number of carbonyl (C=O) groups is 2. The van der Waals surface area contributed by atoms with Gasteiger partial charge in [0.05, 0.1) is 5.69 Å². The number of carbonyl (C=O) groups excluding carboxylic acids is 1. The van der Waals surface area contributed by atoms with E-state index < -0.39 is 24.5 Å². The van der Waals surface area contributed by atoms with Crippen molar-refractivity contribution in [2.24, 2.45) is 0 Å². The van der Waals surface area contributed by atoms with Gasteiger partial charge in [-0.3, -0.25) is 9.59 Å². The smallest absolute Gasteiger partial charge is 0.397 e. The molecule has 1 heterocycles. The molecule has 0 saturated carbocycles. The van der Waals surface area contributed by atoms with Crippen LogP contribution in [-0.2, 0) is 16.0 Å². The topological polar surface area (TPSA) is 79.3 Å². The van der Waals surface area contributed by atoms with E-state index in [0.29, 0.717) is 18.5 Å². The van der Waals surface area contributed by atoms with Gasteiger partial charge in [-0.25, -0.2) is 4.98 Å². The molecule has 0 aliphatic heterocycles. The summed E-state index contributed by atoms with van der Waals surface area (Å²) in [6.07, 6.45) is -5.33. The molecule has 9 heteroatoms. The van der Waals surface area contributed by atoms with Gasteiger partial charge in [0, 0.05) is 11.8 Å². The minimum absolute atomic E-state index is 0.00665. The molecular weight excluding hydrogens is 285 g/mol. The summed E-state index contributed by atoms with van der Waals surface area (Å²) < 4.78 is 35.8. The van der Waals surface area contributed by atoms with Gasteiger partial charge in [-0.2, -0.15) is 13.2 Å². The highest BCUT2D eigenvalue weighted by Crippen LogP contribution is 2.22. The summed E-state index contributed by atoms with van der Waals surface area (Å²) in [6, 6.07) is 0. The molecule has 0 saturated heterocycles. The fourth-order valence-electron chi connectivity index (χ4n) is 1.25. The number of carboxylic acid groups (broad SMARTS) is 1. The van der Waals surface area contributed by atoms with Crippen molar-refractivity contribution < 1.29 is 27.9 Å². The van der Waals surface area contributed by atoms with Crippen molar-refractivity contribution in [1.29, 1.82) is 0 Å². The molecule has 0 atom stereocenters. The standard InChI is InChI=1S/C10H11F3N2O3S/c11-10(12,13)4-7(16)15-9-14-6(5-19-9)2-1-3-8(17)18/h5H,1-4H2,(H,17,18)(H,14,15,16). The fourth-order valence-corrected chi connectivity index (χ4v) is 2.01. The first kappa shape index (κ1) is 15.4. The van der Waals surface area contributed by atoms with Gasteiger partial charge < -0.3 is 10.4 Å². The van der Waals surface area contributed by atoms with Gasteiger partial charge in [-0.1, -0.05) is 0 Å². The van der Waals surface area contributed by atoms with Crippen LogP contribution in [0.2, 0.25) is 0 Å². The number of aliphatic carboxylic acids is 1. The van der Waals surface area contributed by atoms with Gasteiger partial charge in [0.15, 0.2) is 5.13 Å². The number of rotatable bonds is 6. The number of thiazole rings is 1. The summed E-state index contributed by atoms with van der Waals surface area (Å²) in [5, 5.41) is 12.2. The summed E-state index contributed by atoms with van der Waals surface area (Å²) in [6.45, 7) is 0. The molecule has 1 aromatic heterocycles. The molecule has 5 nitrogen and oxygen atoms in total. The lowest BCUT2D eigenvalue weighted by molar-refractivity contribution is -0.150. The number of halogens is 3. The van der Waals surface area contributed by atoms with Gasteiger partial charge in [0.2, 0.25) is 5.91 Å². The maximum Gasteiger partial charge on any atom is 0.397 e. The van der Waals surface area contributed by atoms with Gasteiger partial charge in [-0.05, 0) is 12.8 Å². The van der Waals surface area contributed by atoms with Crippen molar-refractivity contribution in [2.75, 3.05) is 5.32 Å². The minimum Gasteiger partial charge on any atom is -0.481 e. The zero-order chi connectivity index (χ0) is 14.5. The second-order valence-electron chi connectivity index (χ2n) is 3.73. The van der Waals surface area contributed by atoms with Gasteiger partial charge in [0.25, 0.3) is 0 Å². The molecule has 19 heavy (non-hydrogen) atoms. The van der Waals surface area contributed by atoms with E-state index in [2.05, 4.69) is 10.3 Å². The van der Waals surface area contributed by atoms with E-state index in [-0.39, 0.29) is 11.6 Å². The first-order valence-electron chi connectivity index (χ1n) is 5.29. The lowest BCUT2D eigenvalue weighted by Gasteiger charge is -2.04. The Bertz CT molecular complexity index is 459. The molecule has 1 aromatic rings. The third-order valence-corrected chi connectivity index (χ3v) is 2.79. The Labute approximate surface area is 110 Å². The largest absolute Gasteiger partial charge is 0.481 e. The zero-order valence-electron chi connectivity index (χ0n) is 9.66. The van der Waals surface area contributed by atoms with Crippen LogP contribution in [0.3, 0.4) is 0 Å². The first-order valence-corrected chi connectivity index (χ1v) is 6.17. The van der Waals surface area contributed by atoms with Crippen LogP contribution in [0, 0.1) is 0 Å². The molecule has 0 spiro atoms. The van der Waals surface area contributed by atoms with E-state index in [4.69, 9.17) is 5.11 Å². The average molecular weight is 296 g/mol. The Morgan fingerprint density at radius 3 is 2.68 bits per heavy atom. The lowest BCUT2D eigenvalue weighted by Crippen LogP contribution is -2.21. The number of hydrogen-bond donors (Lipinski definition) is 2. The second kappa shape index (κ2) is 6.50.